The number of aryl methyl sites for hydroxylation is 2. The molecular formula is C29H30F3N7O. The first-order valence-electron chi connectivity index (χ1n) is 12.9. The molecule has 11 heteroatoms. The lowest BCUT2D eigenvalue weighted by atomic mass is 10.0. The summed E-state index contributed by atoms with van der Waals surface area (Å²) >= 11 is 0. The second-order valence-corrected chi connectivity index (χ2v) is 10.1. The van der Waals surface area contributed by atoms with Crippen LogP contribution < -0.4 is 5.32 Å². The van der Waals surface area contributed by atoms with Gasteiger partial charge in [-0.05, 0) is 56.1 Å². The van der Waals surface area contributed by atoms with E-state index in [-0.39, 0.29) is 17.8 Å². The fraction of sp³-hybridized carbons (Fsp3) is 0.345. The molecule has 1 aliphatic rings. The van der Waals surface area contributed by atoms with Crippen molar-refractivity contribution in [2.75, 3.05) is 38.5 Å². The monoisotopic (exact) mass is 549 g/mol. The fourth-order valence-corrected chi connectivity index (χ4v) is 4.55. The number of imidazole rings is 1. The van der Waals surface area contributed by atoms with Gasteiger partial charge in [-0.25, -0.2) is 9.97 Å². The van der Waals surface area contributed by atoms with Crippen LogP contribution in [0.4, 0.5) is 18.9 Å². The average molecular weight is 550 g/mol. The zero-order valence-electron chi connectivity index (χ0n) is 22.5. The van der Waals surface area contributed by atoms with Gasteiger partial charge in [-0.2, -0.15) is 13.2 Å². The average Bonchev–Trinajstić information content (AvgIpc) is 3.30. The van der Waals surface area contributed by atoms with E-state index < -0.39 is 18.0 Å². The van der Waals surface area contributed by atoms with Gasteiger partial charge in [0.2, 0.25) is 5.78 Å². The molecule has 4 aromatic rings. The number of fused-ring (bicyclic) bond motifs is 1. The highest BCUT2D eigenvalue weighted by molar-refractivity contribution is 5.51. The topological polar surface area (TPSA) is 81.8 Å². The van der Waals surface area contributed by atoms with Gasteiger partial charge >= 0.3 is 6.18 Å². The number of rotatable bonds is 5. The number of alkyl halides is 3. The Balaban J connectivity index is 1.32. The molecule has 0 radical (unpaired) electrons. The van der Waals surface area contributed by atoms with E-state index in [1.54, 1.807) is 28.9 Å². The Hall–Kier alpha value is -3.98. The molecule has 1 saturated heterocycles. The first kappa shape index (κ1) is 27.6. The Morgan fingerprint density at radius 2 is 1.82 bits per heavy atom. The molecule has 0 bridgehead atoms. The molecule has 8 nitrogen and oxygen atoms in total. The first-order chi connectivity index (χ1) is 19.1. The van der Waals surface area contributed by atoms with Crippen LogP contribution in [0.5, 0.6) is 0 Å². The van der Waals surface area contributed by atoms with Crippen molar-refractivity contribution in [2.24, 2.45) is 0 Å². The highest BCUT2D eigenvalue weighted by Crippen LogP contribution is 2.35. The molecule has 1 aliphatic heterocycles. The minimum atomic E-state index is -4.52. The third kappa shape index (κ3) is 6.25. The zero-order chi connectivity index (χ0) is 28.4. The molecule has 0 spiro atoms. The van der Waals surface area contributed by atoms with Gasteiger partial charge in [-0.1, -0.05) is 12.0 Å². The molecule has 2 N–H and O–H groups in total. The van der Waals surface area contributed by atoms with Crippen LogP contribution in [0.3, 0.4) is 0 Å². The molecule has 40 heavy (non-hydrogen) atoms. The largest absolute Gasteiger partial charge is 0.416 e. The number of nitrogens with one attached hydrogen (secondary N) is 1. The van der Waals surface area contributed by atoms with Crippen molar-refractivity contribution in [2.45, 2.75) is 32.8 Å². The predicted octanol–water partition coefficient (Wildman–Crippen LogP) is 4.01. The van der Waals surface area contributed by atoms with Gasteiger partial charge in [0.25, 0.3) is 0 Å². The Morgan fingerprint density at radius 1 is 1.05 bits per heavy atom. The number of benzene rings is 1. The summed E-state index contributed by atoms with van der Waals surface area (Å²) in [6.45, 7) is 7.16. The summed E-state index contributed by atoms with van der Waals surface area (Å²) in [5, 5.41) is 13.5. The number of nitrogens with zero attached hydrogens (tertiary/aromatic N) is 6. The molecule has 208 valence electrons. The number of aliphatic hydroxyl groups is 1. The minimum Gasteiger partial charge on any atom is -0.369 e. The van der Waals surface area contributed by atoms with Crippen molar-refractivity contribution in [3.8, 4) is 11.8 Å². The highest BCUT2D eigenvalue weighted by Gasteiger charge is 2.34. The van der Waals surface area contributed by atoms with Gasteiger partial charge in [0.1, 0.15) is 5.69 Å². The molecule has 1 unspecified atom stereocenters. The van der Waals surface area contributed by atoms with Crippen molar-refractivity contribution in [1.82, 2.24) is 29.2 Å². The maximum Gasteiger partial charge on any atom is 0.416 e. The van der Waals surface area contributed by atoms with E-state index in [2.05, 4.69) is 37.0 Å². The molecule has 0 amide bonds. The smallest absolute Gasteiger partial charge is 0.369 e. The van der Waals surface area contributed by atoms with E-state index in [0.717, 1.165) is 30.4 Å². The van der Waals surface area contributed by atoms with Crippen LogP contribution in [-0.4, -0.2) is 67.5 Å². The molecule has 5 rings (SSSR count). The van der Waals surface area contributed by atoms with Gasteiger partial charge in [0, 0.05) is 73.8 Å². The van der Waals surface area contributed by atoms with Gasteiger partial charge in [-0.3, -0.25) is 14.3 Å². The quantitative estimate of drug-likeness (QED) is 0.288. The number of hydrogen-bond donors (Lipinski definition) is 2. The fourth-order valence-electron chi connectivity index (χ4n) is 4.55. The predicted molar refractivity (Wildman–Crippen MR) is 145 cm³/mol. The molecule has 3 aromatic heterocycles. The SMILES string of the molecule is Cc1cn2c(C#Cc3cncc(C(O)Nc4ccc(CN5CCN(C)CC5)c(C(F)(F)F)c4)c3)cnc2nc1C. The lowest BCUT2D eigenvalue weighted by Gasteiger charge is -2.33. The number of halogens is 3. The summed E-state index contributed by atoms with van der Waals surface area (Å²) in [5.41, 5.74) is 3.10. The molecule has 0 aliphatic carbocycles. The lowest BCUT2D eigenvalue weighted by molar-refractivity contribution is -0.138. The third-order valence-corrected chi connectivity index (χ3v) is 7.06. The van der Waals surface area contributed by atoms with E-state index in [1.807, 2.05) is 32.0 Å². The van der Waals surface area contributed by atoms with Crippen molar-refractivity contribution in [1.29, 1.82) is 0 Å². The van der Waals surface area contributed by atoms with Crippen LogP contribution in [0.25, 0.3) is 5.78 Å². The van der Waals surface area contributed by atoms with Crippen LogP contribution in [0, 0.1) is 25.7 Å². The Bertz CT molecular complexity index is 1580. The van der Waals surface area contributed by atoms with Crippen LogP contribution in [0.15, 0.2) is 49.1 Å². The van der Waals surface area contributed by atoms with Crippen molar-refractivity contribution < 1.29 is 18.3 Å². The molecular weight excluding hydrogens is 519 g/mol. The summed E-state index contributed by atoms with van der Waals surface area (Å²) in [4.78, 5) is 17.1. The number of likely N-dealkylation sites (N-methyl/N-ethyl adjacent to an activating group) is 1. The Labute approximate surface area is 230 Å². The summed E-state index contributed by atoms with van der Waals surface area (Å²) < 4.78 is 43.6. The van der Waals surface area contributed by atoms with E-state index in [9.17, 15) is 18.3 Å². The van der Waals surface area contributed by atoms with Crippen molar-refractivity contribution in [3.63, 3.8) is 0 Å². The maximum atomic E-state index is 13.9. The highest BCUT2D eigenvalue weighted by atomic mass is 19.4. The number of hydrogen-bond acceptors (Lipinski definition) is 7. The molecule has 1 fully saturated rings. The van der Waals surface area contributed by atoms with Crippen LogP contribution >= 0.6 is 0 Å². The number of piperazine rings is 1. The van der Waals surface area contributed by atoms with E-state index in [1.165, 1.54) is 12.3 Å². The van der Waals surface area contributed by atoms with Crippen LogP contribution in [0.2, 0.25) is 0 Å². The van der Waals surface area contributed by atoms with E-state index >= 15 is 0 Å². The Kier molecular flexibility index (Phi) is 7.76. The summed E-state index contributed by atoms with van der Waals surface area (Å²) in [6, 6.07) is 5.73. The van der Waals surface area contributed by atoms with Gasteiger partial charge in [-0.15, -0.1) is 0 Å². The summed E-state index contributed by atoms with van der Waals surface area (Å²) in [6.07, 6.45) is 0.737. The Morgan fingerprint density at radius 3 is 2.58 bits per heavy atom. The normalized spacial score (nSPS) is 15.6. The van der Waals surface area contributed by atoms with Crippen molar-refractivity contribution in [3.05, 3.63) is 88.3 Å². The van der Waals surface area contributed by atoms with Crippen LogP contribution in [0.1, 0.15) is 45.4 Å². The van der Waals surface area contributed by atoms with E-state index in [4.69, 9.17) is 0 Å². The number of anilines is 1. The second kappa shape index (κ2) is 11.3. The molecule has 1 atom stereocenters. The summed E-state index contributed by atoms with van der Waals surface area (Å²) in [5.74, 6) is 6.61. The number of pyridine rings is 1. The zero-order valence-corrected chi connectivity index (χ0v) is 22.5. The number of aromatic nitrogens is 4. The lowest BCUT2D eigenvalue weighted by Crippen LogP contribution is -2.44. The minimum absolute atomic E-state index is 0.155. The molecule has 0 saturated carbocycles. The van der Waals surface area contributed by atoms with Gasteiger partial charge in [0.05, 0.1) is 11.8 Å². The first-order valence-corrected chi connectivity index (χ1v) is 12.9. The maximum absolute atomic E-state index is 13.9. The van der Waals surface area contributed by atoms with Crippen LogP contribution in [-0.2, 0) is 12.7 Å². The molecule has 1 aromatic carbocycles. The standard InChI is InChI=1S/C29H30F3N7O/c1-19-17-39-25(16-34-28(39)35-20(19)2)7-4-21-12-23(15-33-14-21)27(40)36-24-6-5-22(26(13-24)29(30,31)32)18-38-10-8-37(3)9-11-38/h5-6,12-17,27,36,40H,8-11,18H2,1-3H3. The van der Waals surface area contributed by atoms with Crippen molar-refractivity contribution >= 4 is 11.5 Å². The molecule has 4 heterocycles. The number of aliphatic hydroxyl groups excluding tert-OH is 1. The summed E-state index contributed by atoms with van der Waals surface area (Å²) in [7, 11) is 2.00. The van der Waals surface area contributed by atoms with Gasteiger partial charge < -0.3 is 15.3 Å². The second-order valence-electron chi connectivity index (χ2n) is 10.1. The third-order valence-electron chi connectivity index (χ3n) is 7.06. The van der Waals surface area contributed by atoms with Gasteiger partial charge in [0.15, 0.2) is 6.23 Å². The van der Waals surface area contributed by atoms with E-state index in [0.29, 0.717) is 35.7 Å².